The molecule has 2 unspecified atom stereocenters. The smallest absolute Gasteiger partial charge is 0.304 e. The molecule has 40 heavy (non-hydrogen) atoms. The van der Waals surface area contributed by atoms with Gasteiger partial charge in [-0.3, -0.25) is 9.59 Å². The molecule has 214 valence electrons. The second-order valence-corrected chi connectivity index (χ2v) is 11.9. The molecule has 0 bridgehead atoms. The third-order valence-electron chi connectivity index (χ3n) is 6.60. The maximum atomic E-state index is 14.1. The fourth-order valence-corrected chi connectivity index (χ4v) is 5.16. The van der Waals surface area contributed by atoms with Gasteiger partial charge in [0.2, 0.25) is 11.8 Å². The summed E-state index contributed by atoms with van der Waals surface area (Å²) >= 11 is 0. The van der Waals surface area contributed by atoms with E-state index in [1.54, 1.807) is 0 Å². The van der Waals surface area contributed by atoms with Crippen LogP contribution in [-0.2, 0) is 32.8 Å². The lowest BCUT2D eigenvalue weighted by Crippen LogP contribution is -2.55. The molecule has 3 rings (SSSR count). The fourth-order valence-electron chi connectivity index (χ4n) is 4.10. The number of nitrogens with one attached hydrogen (secondary N) is 1. The van der Waals surface area contributed by atoms with Crippen molar-refractivity contribution in [2.45, 2.75) is 45.3 Å². The van der Waals surface area contributed by atoms with Crippen molar-refractivity contribution in [3.63, 3.8) is 0 Å². The zero-order valence-electron chi connectivity index (χ0n) is 23.3. The molecule has 2 amide bonds. The van der Waals surface area contributed by atoms with Gasteiger partial charge < -0.3 is 10.2 Å². The number of hydrogen-bond donors (Lipinski definition) is 1. The van der Waals surface area contributed by atoms with Crippen molar-refractivity contribution in [2.75, 3.05) is 24.9 Å². The molecular formula is C30H37FN4O4S. The molecule has 0 radical (unpaired) electrons. The maximum Gasteiger partial charge on any atom is 0.304 e. The minimum absolute atomic E-state index is 0.0877. The fraction of sp³-hybridized carbons (Fsp3) is 0.333. The number of carbonyl (C=O) groups excluding carboxylic acids is 2. The van der Waals surface area contributed by atoms with Gasteiger partial charge in [0.05, 0.1) is 5.69 Å². The minimum Gasteiger partial charge on any atom is -0.352 e. The van der Waals surface area contributed by atoms with E-state index in [1.807, 2.05) is 74.5 Å². The van der Waals surface area contributed by atoms with E-state index in [4.69, 9.17) is 0 Å². The first-order valence-electron chi connectivity index (χ1n) is 13.2. The summed E-state index contributed by atoms with van der Waals surface area (Å²) in [5.41, 5.74) is 1.77. The van der Waals surface area contributed by atoms with Gasteiger partial charge in [0.1, 0.15) is 18.4 Å². The Morgan fingerprint density at radius 3 is 1.95 bits per heavy atom. The summed E-state index contributed by atoms with van der Waals surface area (Å²) in [5, 5.41) is 3.00. The summed E-state index contributed by atoms with van der Waals surface area (Å²) in [4.78, 5) is 29.2. The Hall–Kier alpha value is -3.76. The second kappa shape index (κ2) is 14.0. The maximum absolute atomic E-state index is 14.1. The summed E-state index contributed by atoms with van der Waals surface area (Å²) in [5.74, 6) is -1.43. The molecule has 0 fully saturated rings. The second-order valence-electron chi connectivity index (χ2n) is 9.80. The molecule has 0 aromatic heterocycles. The van der Waals surface area contributed by atoms with Crippen molar-refractivity contribution < 1.29 is 22.4 Å². The minimum atomic E-state index is -4.14. The molecule has 0 aliphatic carbocycles. The molecule has 0 saturated carbocycles. The predicted molar refractivity (Wildman–Crippen MR) is 155 cm³/mol. The Balaban J connectivity index is 2.07. The van der Waals surface area contributed by atoms with Crippen molar-refractivity contribution >= 4 is 27.7 Å². The Labute approximate surface area is 236 Å². The lowest BCUT2D eigenvalue weighted by molar-refractivity contribution is -0.140. The van der Waals surface area contributed by atoms with Crippen LogP contribution in [0.4, 0.5) is 10.1 Å². The predicted octanol–water partition coefficient (Wildman–Crippen LogP) is 3.99. The molecule has 3 aromatic carbocycles. The van der Waals surface area contributed by atoms with E-state index >= 15 is 0 Å². The standard InChI is InChI=1S/C30H37FN4O4S/c1-5-23(2)32-30(37)28(20-24-12-8-6-9-13-24)34(21-25-14-10-7-11-15-25)29(36)22-35(40(38,39)33(3)4)27-18-16-26(31)17-19-27/h6-19,23,28H,5,20-22H2,1-4H3,(H,32,37). The van der Waals surface area contributed by atoms with Crippen molar-refractivity contribution in [2.24, 2.45) is 0 Å². The van der Waals surface area contributed by atoms with Crippen LogP contribution in [0.25, 0.3) is 0 Å². The number of rotatable bonds is 13. The average Bonchev–Trinajstić information content (AvgIpc) is 2.94. The number of halogens is 1. The quantitative estimate of drug-likeness (QED) is 0.338. The highest BCUT2D eigenvalue weighted by Crippen LogP contribution is 2.22. The van der Waals surface area contributed by atoms with Crippen molar-refractivity contribution in [1.82, 2.24) is 14.5 Å². The van der Waals surface area contributed by atoms with Gasteiger partial charge in [-0.05, 0) is 48.7 Å². The van der Waals surface area contributed by atoms with Gasteiger partial charge in [-0.15, -0.1) is 0 Å². The number of amides is 2. The number of carbonyl (C=O) groups is 2. The SMILES string of the molecule is CCC(C)NC(=O)C(Cc1ccccc1)N(Cc1ccccc1)C(=O)CN(c1ccc(F)cc1)S(=O)(=O)N(C)C. The Kier molecular flexibility index (Phi) is 10.8. The first kappa shape index (κ1) is 30.8. The van der Waals surface area contributed by atoms with Crippen molar-refractivity contribution in [3.8, 4) is 0 Å². The van der Waals surface area contributed by atoms with Crippen LogP contribution in [0.5, 0.6) is 0 Å². The molecular weight excluding hydrogens is 531 g/mol. The van der Waals surface area contributed by atoms with E-state index < -0.39 is 34.5 Å². The van der Waals surface area contributed by atoms with E-state index in [0.29, 0.717) is 6.42 Å². The highest BCUT2D eigenvalue weighted by Gasteiger charge is 2.35. The lowest BCUT2D eigenvalue weighted by atomic mass is 10.0. The Morgan fingerprint density at radius 1 is 0.875 bits per heavy atom. The molecule has 0 aliphatic heterocycles. The van der Waals surface area contributed by atoms with E-state index in [2.05, 4.69) is 5.32 Å². The molecule has 0 heterocycles. The molecule has 8 nitrogen and oxygen atoms in total. The van der Waals surface area contributed by atoms with Crippen LogP contribution in [0.2, 0.25) is 0 Å². The van der Waals surface area contributed by atoms with Crippen LogP contribution in [0, 0.1) is 5.82 Å². The van der Waals surface area contributed by atoms with Gasteiger partial charge in [-0.2, -0.15) is 12.7 Å². The van der Waals surface area contributed by atoms with Crippen LogP contribution >= 0.6 is 0 Å². The summed E-state index contributed by atoms with van der Waals surface area (Å²) in [7, 11) is -1.42. The summed E-state index contributed by atoms with van der Waals surface area (Å²) in [6.07, 6.45) is 0.939. The molecule has 0 aliphatic rings. The van der Waals surface area contributed by atoms with Crippen LogP contribution < -0.4 is 9.62 Å². The Morgan fingerprint density at radius 2 is 1.43 bits per heavy atom. The van der Waals surface area contributed by atoms with Gasteiger partial charge >= 0.3 is 10.2 Å². The molecule has 2 atom stereocenters. The number of benzene rings is 3. The largest absolute Gasteiger partial charge is 0.352 e. The number of hydrogen-bond acceptors (Lipinski definition) is 4. The third kappa shape index (κ3) is 8.12. The zero-order valence-corrected chi connectivity index (χ0v) is 24.1. The first-order chi connectivity index (χ1) is 19.0. The van der Waals surface area contributed by atoms with Gasteiger partial charge in [0.15, 0.2) is 0 Å². The molecule has 0 spiro atoms. The van der Waals surface area contributed by atoms with Gasteiger partial charge in [-0.1, -0.05) is 67.6 Å². The highest BCUT2D eigenvalue weighted by atomic mass is 32.2. The summed E-state index contributed by atoms with van der Waals surface area (Å²) < 4.78 is 42.2. The third-order valence-corrected chi connectivity index (χ3v) is 8.42. The van der Waals surface area contributed by atoms with E-state index in [9.17, 15) is 22.4 Å². The molecule has 0 saturated heterocycles. The van der Waals surface area contributed by atoms with Gasteiger partial charge in [-0.25, -0.2) is 8.70 Å². The number of nitrogens with zero attached hydrogens (tertiary/aromatic N) is 3. The summed E-state index contributed by atoms with van der Waals surface area (Å²) in [6.45, 7) is 3.35. The van der Waals surface area contributed by atoms with Gasteiger partial charge in [0.25, 0.3) is 0 Å². The molecule has 10 heteroatoms. The van der Waals surface area contributed by atoms with Crippen molar-refractivity contribution in [3.05, 3.63) is 102 Å². The molecule has 1 N–H and O–H groups in total. The molecule has 3 aromatic rings. The zero-order chi connectivity index (χ0) is 29.3. The van der Waals surface area contributed by atoms with E-state index in [-0.39, 0.29) is 30.6 Å². The Bertz CT molecular complexity index is 1350. The van der Waals surface area contributed by atoms with Crippen LogP contribution in [0.15, 0.2) is 84.9 Å². The summed E-state index contributed by atoms with van der Waals surface area (Å²) in [6, 6.07) is 22.4. The van der Waals surface area contributed by atoms with Crippen LogP contribution in [0.1, 0.15) is 31.4 Å². The topological polar surface area (TPSA) is 90.0 Å². The first-order valence-corrected chi connectivity index (χ1v) is 14.6. The lowest BCUT2D eigenvalue weighted by Gasteiger charge is -2.35. The average molecular weight is 569 g/mol. The monoisotopic (exact) mass is 568 g/mol. The van der Waals surface area contributed by atoms with E-state index in [1.165, 1.54) is 31.1 Å². The van der Waals surface area contributed by atoms with E-state index in [0.717, 1.165) is 31.9 Å². The van der Waals surface area contributed by atoms with Crippen LogP contribution in [0.3, 0.4) is 0 Å². The van der Waals surface area contributed by atoms with Gasteiger partial charge in [0, 0.05) is 33.1 Å². The van der Waals surface area contributed by atoms with Crippen molar-refractivity contribution in [1.29, 1.82) is 0 Å². The highest BCUT2D eigenvalue weighted by molar-refractivity contribution is 7.90. The van der Waals surface area contributed by atoms with Crippen LogP contribution in [-0.4, -0.2) is 62.2 Å². The normalized spacial score (nSPS) is 12.9. The number of anilines is 1.